The molecule has 0 bridgehead atoms. The van der Waals surface area contributed by atoms with Gasteiger partial charge in [-0.05, 0) is 6.92 Å². The fourth-order valence-corrected chi connectivity index (χ4v) is 0.696. The zero-order valence-corrected chi connectivity index (χ0v) is 11.0. The van der Waals surface area contributed by atoms with Crippen LogP contribution in [-0.4, -0.2) is 45.4 Å². The van der Waals surface area contributed by atoms with E-state index < -0.39 is 36.4 Å². The molecular weight excluding hydrogens is 346 g/mol. The van der Waals surface area contributed by atoms with Crippen LogP contribution < -0.4 is 16.4 Å². The average Bonchev–Trinajstić information content (AvgIpc) is 2.01. The summed E-state index contributed by atoms with van der Waals surface area (Å²) in [4.78, 5) is 30.2. The standard InChI is InChI=1S/C6H8O7.C2H6O.Ag.H3N/c7-3(8)1-6(13,5(11)12)2-4(9)10;1-2-3;;/h13H,1-2H2,(H,7,8)(H,9,10)(H,11,12);3H,2H2,1H3;;1H3/q;;+2;/p-2. The number of hydrogen-bond acceptors (Lipinski definition) is 8. The zero-order chi connectivity index (χ0) is 13.4. The van der Waals surface area contributed by atoms with E-state index in [4.69, 9.17) is 15.3 Å². The van der Waals surface area contributed by atoms with Gasteiger partial charge < -0.3 is 41.3 Å². The third-order valence-electron chi connectivity index (χ3n) is 1.26. The van der Waals surface area contributed by atoms with Gasteiger partial charge in [-0.1, -0.05) is 0 Å². The number of carboxylic acid groups (broad SMARTS) is 3. The largest absolute Gasteiger partial charge is 2.00 e. The first kappa shape index (κ1) is 25.8. The van der Waals surface area contributed by atoms with Gasteiger partial charge in [0.05, 0.1) is 12.4 Å². The van der Waals surface area contributed by atoms with Crippen LogP contribution in [0.5, 0.6) is 0 Å². The van der Waals surface area contributed by atoms with Crippen LogP contribution in [0.25, 0.3) is 0 Å². The Labute approximate surface area is 119 Å². The van der Waals surface area contributed by atoms with Crippen molar-refractivity contribution in [2.75, 3.05) is 6.61 Å². The third kappa shape index (κ3) is 13.1. The van der Waals surface area contributed by atoms with Gasteiger partial charge >= 0.3 is 28.3 Å². The summed E-state index contributed by atoms with van der Waals surface area (Å²) in [6.45, 7) is 1.93. The molecule has 10 heteroatoms. The topological polar surface area (TPSA) is 193 Å². The fourth-order valence-electron chi connectivity index (χ4n) is 0.696. The summed E-state index contributed by atoms with van der Waals surface area (Å²) in [7, 11) is 0. The quantitative estimate of drug-likeness (QED) is 0.356. The smallest absolute Gasteiger partial charge is 0.550 e. The number of aliphatic hydroxyl groups excluding tert-OH is 1. The second-order valence-corrected chi connectivity index (χ2v) is 2.75. The molecule has 111 valence electrons. The van der Waals surface area contributed by atoms with Crippen LogP contribution in [0.1, 0.15) is 19.8 Å². The second-order valence-electron chi connectivity index (χ2n) is 2.75. The van der Waals surface area contributed by atoms with E-state index in [9.17, 15) is 24.6 Å². The minimum atomic E-state index is -2.91. The number of carbonyl (C=O) groups excluding carboxylic acids is 2. The van der Waals surface area contributed by atoms with Crippen LogP contribution in [0.3, 0.4) is 0 Å². The van der Waals surface area contributed by atoms with E-state index in [1.165, 1.54) is 0 Å². The van der Waals surface area contributed by atoms with Gasteiger partial charge in [0, 0.05) is 19.0 Å². The number of aliphatic hydroxyl groups is 2. The van der Waals surface area contributed by atoms with E-state index in [0.717, 1.165) is 0 Å². The molecule has 1 atom stereocenters. The number of carbonyl (C=O) groups is 3. The Hall–Kier alpha value is -0.970. The van der Waals surface area contributed by atoms with Gasteiger partial charge in [0.1, 0.15) is 5.60 Å². The van der Waals surface area contributed by atoms with Crippen molar-refractivity contribution in [3.05, 3.63) is 0 Å². The summed E-state index contributed by atoms with van der Waals surface area (Å²) in [5.74, 6) is -5.67. The Balaban J connectivity index is -0.000000177. The molecule has 0 aliphatic rings. The monoisotopic (exact) mass is 360 g/mol. The van der Waals surface area contributed by atoms with Crippen LogP contribution in [0.4, 0.5) is 0 Å². The van der Waals surface area contributed by atoms with Gasteiger partial charge in [-0.25, -0.2) is 0 Å². The van der Waals surface area contributed by atoms with Crippen LogP contribution in [0, 0.1) is 0 Å². The Morgan fingerprint density at radius 1 is 1.17 bits per heavy atom. The van der Waals surface area contributed by atoms with E-state index in [-0.39, 0.29) is 35.1 Å². The van der Waals surface area contributed by atoms with E-state index in [2.05, 4.69) is 0 Å². The van der Waals surface area contributed by atoms with E-state index in [1.807, 2.05) is 0 Å². The van der Waals surface area contributed by atoms with Gasteiger partial charge in [0.25, 0.3) is 0 Å². The molecule has 0 aliphatic heterocycles. The van der Waals surface area contributed by atoms with Gasteiger partial charge in [0.2, 0.25) is 0 Å². The molecule has 0 aromatic heterocycles. The predicted molar refractivity (Wildman–Crippen MR) is 49.6 cm³/mol. The first-order valence-electron chi connectivity index (χ1n) is 4.16. The maximum absolute atomic E-state index is 10.2. The zero-order valence-electron chi connectivity index (χ0n) is 9.51. The fraction of sp³-hybridized carbons (Fsp3) is 0.625. The van der Waals surface area contributed by atoms with Crippen molar-refractivity contribution >= 4 is 17.9 Å². The summed E-state index contributed by atoms with van der Waals surface area (Å²) >= 11 is 0. The van der Waals surface area contributed by atoms with Crippen molar-refractivity contribution in [2.45, 2.75) is 25.4 Å². The molecule has 0 fully saturated rings. The SMILES string of the molecule is CCO.N.O=C([O-])CC(O)(CC(=O)O)C(=O)[O-].[Ag+2]. The van der Waals surface area contributed by atoms with Crippen molar-refractivity contribution in [1.29, 1.82) is 0 Å². The first-order valence-corrected chi connectivity index (χ1v) is 4.16. The minimum absolute atomic E-state index is 0. The molecule has 0 aliphatic carbocycles. The summed E-state index contributed by atoms with van der Waals surface area (Å²) < 4.78 is 0. The minimum Gasteiger partial charge on any atom is -0.550 e. The molecule has 0 saturated heterocycles. The van der Waals surface area contributed by atoms with Crippen molar-refractivity contribution in [3.63, 3.8) is 0 Å². The Kier molecular flexibility index (Phi) is 17.9. The van der Waals surface area contributed by atoms with Crippen LogP contribution in [-0.2, 0) is 36.8 Å². The summed E-state index contributed by atoms with van der Waals surface area (Å²) in [6, 6.07) is 0. The third-order valence-corrected chi connectivity index (χ3v) is 1.26. The Morgan fingerprint density at radius 2 is 1.50 bits per heavy atom. The van der Waals surface area contributed by atoms with Gasteiger partial charge in [-0.3, -0.25) is 4.79 Å². The van der Waals surface area contributed by atoms with E-state index >= 15 is 0 Å². The van der Waals surface area contributed by atoms with Crippen molar-refractivity contribution < 1.29 is 62.3 Å². The Morgan fingerprint density at radius 3 is 1.67 bits per heavy atom. The molecule has 1 radical (unpaired) electrons. The molecule has 1 unspecified atom stereocenters. The van der Waals surface area contributed by atoms with E-state index in [1.54, 1.807) is 6.92 Å². The summed E-state index contributed by atoms with van der Waals surface area (Å²) in [6.07, 6.45) is -2.56. The van der Waals surface area contributed by atoms with Crippen LogP contribution in [0.15, 0.2) is 0 Å². The van der Waals surface area contributed by atoms with Crippen LogP contribution >= 0.6 is 0 Å². The molecule has 0 heterocycles. The molecule has 0 rings (SSSR count). The molecule has 0 amide bonds. The number of aliphatic carboxylic acids is 3. The summed E-state index contributed by atoms with van der Waals surface area (Å²) in [5.41, 5.74) is -2.91. The maximum Gasteiger partial charge on any atom is 2.00 e. The van der Waals surface area contributed by atoms with Crippen molar-refractivity contribution in [2.24, 2.45) is 0 Å². The number of carboxylic acids is 3. The molecule has 6 N–H and O–H groups in total. The van der Waals surface area contributed by atoms with Crippen LogP contribution in [0.2, 0.25) is 0 Å². The molecule has 0 aromatic rings. The molecule has 0 spiro atoms. The van der Waals surface area contributed by atoms with Crippen molar-refractivity contribution in [3.8, 4) is 0 Å². The molecular formula is C8H15AgNO8. The maximum atomic E-state index is 10.2. The second kappa shape index (κ2) is 12.5. The molecule has 18 heavy (non-hydrogen) atoms. The number of hydrogen-bond donors (Lipinski definition) is 4. The molecule has 0 saturated carbocycles. The first-order chi connectivity index (χ1) is 7.19. The normalized spacial score (nSPS) is 11.5. The molecule has 9 nitrogen and oxygen atoms in total. The predicted octanol–water partition coefficient (Wildman–Crippen LogP) is -3.76. The number of rotatable bonds is 5. The van der Waals surface area contributed by atoms with Gasteiger partial charge in [0.15, 0.2) is 0 Å². The molecule has 0 aromatic carbocycles. The van der Waals surface area contributed by atoms with E-state index in [0.29, 0.717) is 0 Å². The van der Waals surface area contributed by atoms with Gasteiger partial charge in [-0.15, -0.1) is 0 Å². The average molecular weight is 361 g/mol. The Bertz CT molecular complexity index is 254. The van der Waals surface area contributed by atoms with Crippen molar-refractivity contribution in [1.82, 2.24) is 6.15 Å². The summed E-state index contributed by atoms with van der Waals surface area (Å²) in [5, 5.41) is 44.8. The van der Waals surface area contributed by atoms with Gasteiger partial charge in [-0.2, -0.15) is 0 Å².